The van der Waals surface area contributed by atoms with Crippen LogP contribution in [0.25, 0.3) is 0 Å². The van der Waals surface area contributed by atoms with Gasteiger partial charge in [0.05, 0.1) is 12.2 Å². The second-order valence-electron chi connectivity index (χ2n) is 3.87. The summed E-state index contributed by atoms with van der Waals surface area (Å²) in [6.45, 7) is 2.32. The summed E-state index contributed by atoms with van der Waals surface area (Å²) >= 11 is 0.377. The Bertz CT molecular complexity index is 425. The van der Waals surface area contributed by atoms with Crippen molar-refractivity contribution in [2.45, 2.75) is 10.7 Å². The van der Waals surface area contributed by atoms with Crippen LogP contribution in [0, 0.1) is 0 Å². The topological polar surface area (TPSA) is 50.4 Å². The molecule has 0 fully saturated rings. The van der Waals surface area contributed by atoms with Crippen molar-refractivity contribution in [2.75, 3.05) is 33.4 Å². The summed E-state index contributed by atoms with van der Waals surface area (Å²) in [7, 11) is 1.61. The number of nitrogens with one attached hydrogen (secondary N) is 2. The Morgan fingerprint density at radius 1 is 1.29 bits per heavy atom. The molecule has 0 spiro atoms. The van der Waals surface area contributed by atoms with E-state index < -0.39 is 5.76 Å². The lowest BCUT2D eigenvalue weighted by Gasteiger charge is -2.10. The van der Waals surface area contributed by atoms with Crippen LogP contribution in [0.15, 0.2) is 29.2 Å². The summed E-state index contributed by atoms with van der Waals surface area (Å²) in [6.07, 6.45) is 0. The van der Waals surface area contributed by atoms with Gasteiger partial charge in [0.2, 0.25) is 0 Å². The fourth-order valence-electron chi connectivity index (χ4n) is 1.51. The number of alkyl halides is 2. The molecule has 1 rings (SSSR count). The molecule has 1 aromatic carbocycles. The van der Waals surface area contributed by atoms with E-state index in [1.54, 1.807) is 25.3 Å². The first-order chi connectivity index (χ1) is 9.65. The molecule has 120 valence electrons. The summed E-state index contributed by atoms with van der Waals surface area (Å²) in [6, 6.07) is 6.34. The van der Waals surface area contributed by atoms with E-state index >= 15 is 0 Å². The van der Waals surface area contributed by atoms with Crippen molar-refractivity contribution in [3.05, 3.63) is 29.8 Å². The predicted octanol–water partition coefficient (Wildman–Crippen LogP) is 2.39. The Morgan fingerprint density at radius 2 is 2.00 bits per heavy atom. The molecule has 0 saturated carbocycles. The van der Waals surface area contributed by atoms with E-state index in [9.17, 15) is 13.6 Å². The van der Waals surface area contributed by atoms with Gasteiger partial charge in [-0.05, 0) is 12.1 Å². The third kappa shape index (κ3) is 8.21. The van der Waals surface area contributed by atoms with Crippen molar-refractivity contribution in [3.8, 4) is 0 Å². The van der Waals surface area contributed by atoms with Crippen LogP contribution < -0.4 is 10.6 Å². The second-order valence-corrected chi connectivity index (χ2v) is 4.91. The highest BCUT2D eigenvalue weighted by atomic mass is 35.5. The number of hydrogen-bond acceptors (Lipinski definition) is 4. The molecule has 0 heterocycles. The Labute approximate surface area is 133 Å². The van der Waals surface area contributed by atoms with Gasteiger partial charge in [0, 0.05) is 31.6 Å². The average Bonchev–Trinajstić information content (AvgIpc) is 2.42. The van der Waals surface area contributed by atoms with E-state index in [2.05, 4.69) is 10.6 Å². The smallest absolute Gasteiger partial charge is 0.288 e. The average molecular weight is 341 g/mol. The number of amides is 1. The maximum Gasteiger partial charge on any atom is 0.288 e. The number of hydrogen-bond donors (Lipinski definition) is 2. The van der Waals surface area contributed by atoms with Crippen LogP contribution >= 0.6 is 24.2 Å². The van der Waals surface area contributed by atoms with Gasteiger partial charge in [0.15, 0.2) is 0 Å². The van der Waals surface area contributed by atoms with Crippen molar-refractivity contribution in [1.82, 2.24) is 10.6 Å². The van der Waals surface area contributed by atoms with E-state index in [1.807, 2.05) is 0 Å². The summed E-state index contributed by atoms with van der Waals surface area (Å²) in [5.41, 5.74) is 0.273. The fourth-order valence-corrected chi connectivity index (χ4v) is 2.15. The van der Waals surface area contributed by atoms with Gasteiger partial charge in [-0.15, -0.1) is 12.4 Å². The van der Waals surface area contributed by atoms with E-state index in [4.69, 9.17) is 4.74 Å². The number of halogens is 3. The quantitative estimate of drug-likeness (QED) is 0.535. The number of thioether (sulfide) groups is 1. The molecule has 0 saturated heterocycles. The van der Waals surface area contributed by atoms with E-state index in [1.165, 1.54) is 6.07 Å². The van der Waals surface area contributed by atoms with Crippen LogP contribution in [0.5, 0.6) is 0 Å². The Morgan fingerprint density at radius 3 is 2.67 bits per heavy atom. The molecule has 0 bridgehead atoms. The lowest BCUT2D eigenvalue weighted by molar-refractivity contribution is 0.0950. The zero-order valence-electron chi connectivity index (χ0n) is 11.6. The van der Waals surface area contributed by atoms with E-state index in [-0.39, 0.29) is 28.8 Å². The minimum absolute atomic E-state index is 0. The van der Waals surface area contributed by atoms with Crippen molar-refractivity contribution in [3.63, 3.8) is 0 Å². The van der Waals surface area contributed by atoms with Crippen molar-refractivity contribution in [2.24, 2.45) is 0 Å². The van der Waals surface area contributed by atoms with Gasteiger partial charge >= 0.3 is 0 Å². The number of methoxy groups -OCH3 is 1. The number of carbonyl (C=O) groups is 1. The maximum atomic E-state index is 12.4. The molecule has 1 amide bonds. The maximum absolute atomic E-state index is 12.4. The number of carbonyl (C=O) groups excluding carboxylic acids is 1. The van der Waals surface area contributed by atoms with Gasteiger partial charge in [0.25, 0.3) is 11.7 Å². The Balaban J connectivity index is 0.00000400. The summed E-state index contributed by atoms with van der Waals surface area (Å²) in [4.78, 5) is 12.2. The zero-order valence-corrected chi connectivity index (χ0v) is 13.2. The molecule has 0 aliphatic carbocycles. The molecule has 0 atom stereocenters. The standard InChI is InChI=1S/C13H18F2N2O2S.ClH/c1-19-9-8-16-6-7-17-12(18)10-4-2-3-5-11(10)20-13(14)15;/h2-5,13,16H,6-9H2,1H3,(H,17,18);1H. The third-order valence-corrected chi connectivity index (χ3v) is 3.21. The molecular weight excluding hydrogens is 322 g/mol. The first-order valence-corrected chi connectivity index (χ1v) is 7.04. The molecule has 0 radical (unpaired) electrons. The number of benzene rings is 1. The third-order valence-electron chi connectivity index (χ3n) is 2.42. The highest BCUT2D eigenvalue weighted by Gasteiger charge is 2.14. The summed E-state index contributed by atoms with van der Waals surface area (Å²) < 4.78 is 29.7. The zero-order chi connectivity index (χ0) is 14.8. The van der Waals surface area contributed by atoms with Crippen LogP contribution in [-0.2, 0) is 4.74 Å². The lowest BCUT2D eigenvalue weighted by atomic mass is 10.2. The lowest BCUT2D eigenvalue weighted by Crippen LogP contribution is -2.33. The van der Waals surface area contributed by atoms with Gasteiger partial charge < -0.3 is 15.4 Å². The molecule has 4 nitrogen and oxygen atoms in total. The number of ether oxygens (including phenoxy) is 1. The normalized spacial score (nSPS) is 10.3. The van der Waals surface area contributed by atoms with Gasteiger partial charge in [0.1, 0.15) is 0 Å². The molecule has 8 heteroatoms. The SMILES string of the molecule is COCCNCCNC(=O)c1ccccc1SC(F)F.Cl. The van der Waals surface area contributed by atoms with Crippen LogP contribution in [0.4, 0.5) is 8.78 Å². The molecular formula is C13H19ClF2N2O2S. The van der Waals surface area contributed by atoms with Gasteiger partial charge in [-0.25, -0.2) is 0 Å². The van der Waals surface area contributed by atoms with Gasteiger partial charge in [-0.1, -0.05) is 23.9 Å². The minimum Gasteiger partial charge on any atom is -0.383 e. The fraction of sp³-hybridized carbons (Fsp3) is 0.462. The van der Waals surface area contributed by atoms with Crippen molar-refractivity contribution >= 4 is 30.1 Å². The molecule has 0 aromatic heterocycles. The molecule has 0 aliphatic rings. The largest absolute Gasteiger partial charge is 0.383 e. The van der Waals surface area contributed by atoms with Crippen molar-refractivity contribution in [1.29, 1.82) is 0 Å². The van der Waals surface area contributed by atoms with E-state index in [0.717, 1.165) is 0 Å². The van der Waals surface area contributed by atoms with Gasteiger partial charge in [-0.2, -0.15) is 8.78 Å². The second kappa shape index (κ2) is 11.7. The highest BCUT2D eigenvalue weighted by molar-refractivity contribution is 7.99. The monoisotopic (exact) mass is 340 g/mol. The van der Waals surface area contributed by atoms with Gasteiger partial charge in [-0.3, -0.25) is 4.79 Å². The first kappa shape index (κ1) is 20.1. The summed E-state index contributed by atoms with van der Waals surface area (Å²) in [5, 5.41) is 5.76. The minimum atomic E-state index is -2.54. The highest BCUT2D eigenvalue weighted by Crippen LogP contribution is 2.28. The molecule has 0 unspecified atom stereocenters. The van der Waals surface area contributed by atoms with Crippen LogP contribution in [0.1, 0.15) is 10.4 Å². The van der Waals surface area contributed by atoms with E-state index in [0.29, 0.717) is 38.0 Å². The Kier molecular flexibility index (Phi) is 11.2. The predicted molar refractivity (Wildman–Crippen MR) is 82.6 cm³/mol. The molecule has 0 aliphatic heterocycles. The molecule has 1 aromatic rings. The number of rotatable bonds is 9. The van der Waals surface area contributed by atoms with Crippen LogP contribution in [0.2, 0.25) is 0 Å². The molecule has 21 heavy (non-hydrogen) atoms. The van der Waals surface area contributed by atoms with Crippen LogP contribution in [-0.4, -0.2) is 45.0 Å². The Hall–Kier alpha value is -0.890. The van der Waals surface area contributed by atoms with Crippen molar-refractivity contribution < 1.29 is 18.3 Å². The molecule has 2 N–H and O–H groups in total. The first-order valence-electron chi connectivity index (χ1n) is 6.17. The summed E-state index contributed by atoms with van der Waals surface area (Å²) in [5.74, 6) is -2.89. The van der Waals surface area contributed by atoms with Crippen LogP contribution in [0.3, 0.4) is 0 Å².